The van der Waals surface area contributed by atoms with Crippen LogP contribution in [0.25, 0.3) is 0 Å². The molecule has 0 bridgehead atoms. The van der Waals surface area contributed by atoms with E-state index in [-0.39, 0.29) is 6.10 Å². The van der Waals surface area contributed by atoms with E-state index < -0.39 is 6.09 Å². The van der Waals surface area contributed by atoms with Crippen molar-refractivity contribution < 1.29 is 14.6 Å². The molecule has 0 aromatic rings. The minimum atomic E-state index is -0.973. The summed E-state index contributed by atoms with van der Waals surface area (Å²) in [5.74, 6) is 0. The van der Waals surface area contributed by atoms with Crippen LogP contribution in [0.5, 0.6) is 0 Å². The Morgan fingerprint density at radius 3 is 3.00 bits per heavy atom. The van der Waals surface area contributed by atoms with E-state index in [9.17, 15) is 4.79 Å². The second-order valence-electron chi connectivity index (χ2n) is 2.67. The molecule has 1 aliphatic heterocycles. The molecule has 1 heterocycles. The number of carbonyl (C=O) groups is 1. The Morgan fingerprint density at radius 2 is 2.45 bits per heavy atom. The summed E-state index contributed by atoms with van der Waals surface area (Å²) in [6.07, 6.45) is 2.34. The topological polar surface area (TPSA) is 58.6 Å². The van der Waals surface area contributed by atoms with Gasteiger partial charge in [-0.2, -0.15) is 0 Å². The van der Waals surface area contributed by atoms with Gasteiger partial charge in [0.25, 0.3) is 0 Å². The standard InChI is InChI=1S/C7H13NO3/c9-7(10)8-5-6-3-1-2-4-11-6/h6,8H,1-5H2,(H,9,10). The zero-order valence-corrected chi connectivity index (χ0v) is 6.38. The minimum Gasteiger partial charge on any atom is -0.465 e. The van der Waals surface area contributed by atoms with Gasteiger partial charge in [-0.05, 0) is 19.3 Å². The number of carboxylic acid groups (broad SMARTS) is 1. The third-order valence-corrected chi connectivity index (χ3v) is 1.75. The summed E-state index contributed by atoms with van der Waals surface area (Å²) >= 11 is 0. The SMILES string of the molecule is O=C(O)NCC1CCCCO1. The van der Waals surface area contributed by atoms with Crippen LogP contribution in [0.3, 0.4) is 0 Å². The molecule has 1 atom stereocenters. The molecule has 0 aromatic carbocycles. The third kappa shape index (κ3) is 3.23. The fraction of sp³-hybridized carbons (Fsp3) is 0.857. The van der Waals surface area contributed by atoms with E-state index in [4.69, 9.17) is 9.84 Å². The van der Waals surface area contributed by atoms with E-state index in [1.807, 2.05) is 0 Å². The van der Waals surface area contributed by atoms with Crippen molar-refractivity contribution in [3.63, 3.8) is 0 Å². The normalized spacial score (nSPS) is 24.5. The van der Waals surface area contributed by atoms with Crippen LogP contribution in [0.2, 0.25) is 0 Å². The molecule has 1 amide bonds. The first-order valence-corrected chi connectivity index (χ1v) is 3.87. The molecule has 1 saturated heterocycles. The third-order valence-electron chi connectivity index (χ3n) is 1.75. The molecule has 0 aromatic heterocycles. The van der Waals surface area contributed by atoms with Crippen molar-refractivity contribution in [3.05, 3.63) is 0 Å². The van der Waals surface area contributed by atoms with Gasteiger partial charge in [0.1, 0.15) is 0 Å². The molecule has 0 spiro atoms. The number of nitrogens with one attached hydrogen (secondary N) is 1. The van der Waals surface area contributed by atoms with E-state index in [2.05, 4.69) is 5.32 Å². The molecule has 0 saturated carbocycles. The van der Waals surface area contributed by atoms with Crippen LogP contribution in [0, 0.1) is 0 Å². The second-order valence-corrected chi connectivity index (χ2v) is 2.67. The quantitative estimate of drug-likeness (QED) is 0.627. The summed E-state index contributed by atoms with van der Waals surface area (Å²) in [5.41, 5.74) is 0. The summed E-state index contributed by atoms with van der Waals surface area (Å²) < 4.78 is 5.30. The molecule has 1 rings (SSSR count). The molecule has 1 fully saturated rings. The summed E-state index contributed by atoms with van der Waals surface area (Å²) in [7, 11) is 0. The van der Waals surface area contributed by atoms with Crippen LogP contribution in [0.1, 0.15) is 19.3 Å². The number of rotatable bonds is 2. The van der Waals surface area contributed by atoms with Crippen molar-refractivity contribution in [1.82, 2.24) is 5.32 Å². The minimum absolute atomic E-state index is 0.0971. The van der Waals surface area contributed by atoms with Gasteiger partial charge in [0.05, 0.1) is 6.10 Å². The lowest BCUT2D eigenvalue weighted by molar-refractivity contribution is 0.0174. The Labute approximate surface area is 65.5 Å². The van der Waals surface area contributed by atoms with Crippen molar-refractivity contribution >= 4 is 6.09 Å². The number of hydrogen-bond donors (Lipinski definition) is 2. The molecular formula is C7H13NO3. The average Bonchev–Trinajstić information content (AvgIpc) is 2.03. The molecule has 0 aliphatic carbocycles. The van der Waals surface area contributed by atoms with Gasteiger partial charge in [-0.1, -0.05) is 0 Å². The average molecular weight is 159 g/mol. The van der Waals surface area contributed by atoms with E-state index in [1.54, 1.807) is 0 Å². The Hall–Kier alpha value is -0.770. The maximum absolute atomic E-state index is 10.1. The summed E-state index contributed by atoms with van der Waals surface area (Å²) in [6.45, 7) is 1.20. The van der Waals surface area contributed by atoms with Crippen molar-refractivity contribution in [2.24, 2.45) is 0 Å². The molecule has 4 heteroatoms. The van der Waals surface area contributed by atoms with Crippen molar-refractivity contribution in [2.75, 3.05) is 13.2 Å². The number of amides is 1. The lowest BCUT2D eigenvalue weighted by atomic mass is 10.1. The van der Waals surface area contributed by atoms with E-state index in [0.29, 0.717) is 6.54 Å². The lowest BCUT2D eigenvalue weighted by Gasteiger charge is -2.21. The number of hydrogen-bond acceptors (Lipinski definition) is 2. The van der Waals surface area contributed by atoms with Gasteiger partial charge in [-0.25, -0.2) is 4.79 Å². The first kappa shape index (κ1) is 8.33. The van der Waals surface area contributed by atoms with Crippen LogP contribution in [0.15, 0.2) is 0 Å². The van der Waals surface area contributed by atoms with Crippen LogP contribution < -0.4 is 5.32 Å². The molecule has 1 aliphatic rings. The highest BCUT2D eigenvalue weighted by atomic mass is 16.5. The Balaban J connectivity index is 2.09. The number of ether oxygens (including phenoxy) is 1. The van der Waals surface area contributed by atoms with Crippen LogP contribution >= 0.6 is 0 Å². The maximum Gasteiger partial charge on any atom is 0.404 e. The van der Waals surface area contributed by atoms with Crippen LogP contribution in [-0.4, -0.2) is 30.5 Å². The Kier molecular flexibility index (Phi) is 3.16. The summed E-state index contributed by atoms with van der Waals surface area (Å²) in [4.78, 5) is 10.1. The fourth-order valence-corrected chi connectivity index (χ4v) is 1.17. The zero-order valence-electron chi connectivity index (χ0n) is 6.38. The molecule has 0 radical (unpaired) electrons. The smallest absolute Gasteiger partial charge is 0.404 e. The van der Waals surface area contributed by atoms with E-state index in [0.717, 1.165) is 25.9 Å². The van der Waals surface area contributed by atoms with Crippen molar-refractivity contribution in [2.45, 2.75) is 25.4 Å². The highest BCUT2D eigenvalue weighted by Crippen LogP contribution is 2.11. The highest BCUT2D eigenvalue weighted by molar-refractivity contribution is 5.64. The molecule has 64 valence electrons. The highest BCUT2D eigenvalue weighted by Gasteiger charge is 2.13. The van der Waals surface area contributed by atoms with Crippen LogP contribution in [-0.2, 0) is 4.74 Å². The van der Waals surface area contributed by atoms with E-state index in [1.165, 1.54) is 0 Å². The van der Waals surface area contributed by atoms with E-state index >= 15 is 0 Å². The van der Waals surface area contributed by atoms with Gasteiger partial charge < -0.3 is 15.2 Å². The maximum atomic E-state index is 10.1. The monoisotopic (exact) mass is 159 g/mol. The van der Waals surface area contributed by atoms with Gasteiger partial charge in [0.2, 0.25) is 0 Å². The van der Waals surface area contributed by atoms with Crippen molar-refractivity contribution in [1.29, 1.82) is 0 Å². The van der Waals surface area contributed by atoms with Gasteiger partial charge in [-0.3, -0.25) is 0 Å². The molecule has 2 N–H and O–H groups in total. The van der Waals surface area contributed by atoms with Gasteiger partial charge in [0.15, 0.2) is 0 Å². The first-order chi connectivity index (χ1) is 5.29. The predicted octanol–water partition coefficient (Wildman–Crippen LogP) is 0.823. The summed E-state index contributed by atoms with van der Waals surface area (Å²) in [5, 5.41) is 10.6. The molecule has 11 heavy (non-hydrogen) atoms. The Bertz CT molecular complexity index is 132. The molecule has 4 nitrogen and oxygen atoms in total. The Morgan fingerprint density at radius 1 is 1.64 bits per heavy atom. The lowest BCUT2D eigenvalue weighted by Crippen LogP contribution is -2.34. The largest absolute Gasteiger partial charge is 0.465 e. The zero-order chi connectivity index (χ0) is 8.10. The first-order valence-electron chi connectivity index (χ1n) is 3.87. The van der Waals surface area contributed by atoms with Gasteiger partial charge in [-0.15, -0.1) is 0 Å². The molecular weight excluding hydrogens is 146 g/mol. The van der Waals surface area contributed by atoms with Crippen molar-refractivity contribution in [3.8, 4) is 0 Å². The molecule has 1 unspecified atom stereocenters. The van der Waals surface area contributed by atoms with Gasteiger partial charge in [0, 0.05) is 13.2 Å². The fourth-order valence-electron chi connectivity index (χ4n) is 1.17. The van der Waals surface area contributed by atoms with Gasteiger partial charge >= 0.3 is 6.09 Å². The second kappa shape index (κ2) is 4.18. The predicted molar refractivity (Wildman–Crippen MR) is 39.6 cm³/mol. The summed E-state index contributed by atoms with van der Waals surface area (Å²) in [6, 6.07) is 0. The van der Waals surface area contributed by atoms with Crippen LogP contribution in [0.4, 0.5) is 4.79 Å².